The summed E-state index contributed by atoms with van der Waals surface area (Å²) < 4.78 is 2.27. The quantitative estimate of drug-likeness (QED) is 0.769. The van der Waals surface area contributed by atoms with Crippen molar-refractivity contribution in [1.82, 2.24) is 9.97 Å². The molecular weight excluding hydrogens is 355 g/mol. The molecule has 4 heteroatoms. The fraction of sp³-hybridized carbons (Fsp3) is 0.100. The molecule has 0 saturated heterocycles. The molecule has 0 unspecified atom stereocenters. The topological polar surface area (TPSA) is 28.7 Å². The van der Waals surface area contributed by atoms with Gasteiger partial charge in [0.25, 0.3) is 0 Å². The number of aromatic amines is 1. The Morgan fingerprint density at radius 2 is 2.21 bits per heavy atom. The van der Waals surface area contributed by atoms with E-state index in [2.05, 4.69) is 60.6 Å². The van der Waals surface area contributed by atoms with E-state index in [1.54, 1.807) is 0 Å². The van der Waals surface area contributed by atoms with Crippen LogP contribution in [0, 0.1) is 10.5 Å². The number of aryl methyl sites for hydroxylation is 1. The number of rotatable bonds is 1. The number of nitrogens with one attached hydrogen (secondary N) is 1. The predicted molar refractivity (Wildman–Crippen MR) is 69.2 cm³/mol. The minimum atomic E-state index is 0.910. The zero-order valence-corrected chi connectivity index (χ0v) is 11.3. The summed E-state index contributed by atoms with van der Waals surface area (Å²) in [4.78, 5) is 7.52. The first-order valence-electron chi connectivity index (χ1n) is 4.14. The van der Waals surface area contributed by atoms with E-state index >= 15 is 0 Å². The van der Waals surface area contributed by atoms with E-state index in [4.69, 9.17) is 0 Å². The van der Waals surface area contributed by atoms with Gasteiger partial charge in [0.2, 0.25) is 0 Å². The summed E-state index contributed by atoms with van der Waals surface area (Å²) in [7, 11) is 0. The molecule has 1 aromatic carbocycles. The van der Waals surface area contributed by atoms with Gasteiger partial charge in [-0.2, -0.15) is 0 Å². The van der Waals surface area contributed by atoms with Crippen molar-refractivity contribution < 1.29 is 0 Å². The zero-order chi connectivity index (χ0) is 10.1. The average Bonchev–Trinajstić information content (AvgIpc) is 2.56. The van der Waals surface area contributed by atoms with Crippen LogP contribution < -0.4 is 0 Å². The van der Waals surface area contributed by atoms with Gasteiger partial charge in [-0.15, -0.1) is 0 Å². The van der Waals surface area contributed by atoms with Gasteiger partial charge in [-0.05, 0) is 47.7 Å². The lowest BCUT2D eigenvalue weighted by molar-refractivity contribution is 1.25. The Morgan fingerprint density at radius 1 is 1.43 bits per heavy atom. The molecule has 72 valence electrons. The van der Waals surface area contributed by atoms with E-state index in [-0.39, 0.29) is 0 Å². The van der Waals surface area contributed by atoms with Crippen LogP contribution in [0.3, 0.4) is 0 Å². The van der Waals surface area contributed by atoms with Crippen LogP contribution in [0.2, 0.25) is 0 Å². The van der Waals surface area contributed by atoms with Crippen molar-refractivity contribution in [1.29, 1.82) is 0 Å². The van der Waals surface area contributed by atoms with Crippen molar-refractivity contribution in [2.24, 2.45) is 0 Å². The van der Waals surface area contributed by atoms with Crippen molar-refractivity contribution in [2.75, 3.05) is 0 Å². The van der Waals surface area contributed by atoms with Crippen LogP contribution in [0.4, 0.5) is 0 Å². The van der Waals surface area contributed by atoms with Gasteiger partial charge in [0.15, 0.2) is 0 Å². The van der Waals surface area contributed by atoms with Gasteiger partial charge in [-0.25, -0.2) is 4.98 Å². The molecule has 2 aromatic rings. The van der Waals surface area contributed by atoms with Crippen LogP contribution in [0.25, 0.3) is 11.4 Å². The molecule has 0 fully saturated rings. The van der Waals surface area contributed by atoms with Crippen LogP contribution >= 0.6 is 38.5 Å². The average molecular weight is 363 g/mol. The molecule has 1 N–H and O–H groups in total. The molecule has 1 aromatic heterocycles. The Balaban J connectivity index is 2.55. The molecule has 0 aliphatic carbocycles. The van der Waals surface area contributed by atoms with Crippen LogP contribution in [0.1, 0.15) is 5.69 Å². The first kappa shape index (κ1) is 10.2. The van der Waals surface area contributed by atoms with Crippen molar-refractivity contribution in [2.45, 2.75) is 6.92 Å². The number of hydrogen-bond donors (Lipinski definition) is 1. The second-order valence-corrected chi connectivity index (χ2v) is 5.14. The third-order valence-corrected chi connectivity index (χ3v) is 3.25. The molecule has 0 radical (unpaired) electrons. The van der Waals surface area contributed by atoms with Gasteiger partial charge in [0, 0.05) is 25.5 Å². The lowest BCUT2D eigenvalue weighted by atomic mass is 10.2. The molecule has 1 heterocycles. The van der Waals surface area contributed by atoms with Crippen molar-refractivity contribution in [3.63, 3.8) is 0 Å². The molecule has 0 aliphatic heterocycles. The molecular formula is C10H8BrIN2. The summed E-state index contributed by atoms with van der Waals surface area (Å²) in [5, 5.41) is 0. The Hall–Kier alpha value is -0.360. The van der Waals surface area contributed by atoms with Crippen LogP contribution in [-0.2, 0) is 0 Å². The van der Waals surface area contributed by atoms with E-state index in [0.717, 1.165) is 21.6 Å². The maximum atomic E-state index is 4.30. The van der Waals surface area contributed by atoms with Gasteiger partial charge in [0.1, 0.15) is 5.82 Å². The van der Waals surface area contributed by atoms with Gasteiger partial charge in [0.05, 0.1) is 0 Å². The Kier molecular flexibility index (Phi) is 2.92. The summed E-state index contributed by atoms with van der Waals surface area (Å²) in [6.45, 7) is 2.00. The van der Waals surface area contributed by atoms with Crippen LogP contribution in [0.5, 0.6) is 0 Å². The summed E-state index contributed by atoms with van der Waals surface area (Å²) in [5.74, 6) is 0.910. The number of nitrogens with zero attached hydrogens (tertiary/aromatic N) is 1. The summed E-state index contributed by atoms with van der Waals surface area (Å²) >= 11 is 5.81. The zero-order valence-electron chi connectivity index (χ0n) is 7.51. The Bertz CT molecular complexity index is 465. The van der Waals surface area contributed by atoms with Crippen LogP contribution in [0.15, 0.2) is 28.9 Å². The lowest BCUT2D eigenvalue weighted by Crippen LogP contribution is -1.84. The Labute approximate surface area is 104 Å². The molecule has 2 nitrogen and oxygen atoms in total. The van der Waals surface area contributed by atoms with E-state index in [0.29, 0.717) is 0 Å². The van der Waals surface area contributed by atoms with Crippen molar-refractivity contribution >= 4 is 38.5 Å². The third kappa shape index (κ3) is 2.00. The van der Waals surface area contributed by atoms with E-state index < -0.39 is 0 Å². The fourth-order valence-corrected chi connectivity index (χ4v) is 2.15. The van der Waals surface area contributed by atoms with Gasteiger partial charge < -0.3 is 4.98 Å². The van der Waals surface area contributed by atoms with Crippen LogP contribution in [-0.4, -0.2) is 9.97 Å². The molecule has 0 aliphatic rings. The van der Waals surface area contributed by atoms with E-state index in [1.807, 2.05) is 19.2 Å². The maximum absolute atomic E-state index is 4.30. The highest BCUT2D eigenvalue weighted by Gasteiger charge is 2.06. The minimum absolute atomic E-state index is 0.910. The summed E-state index contributed by atoms with van der Waals surface area (Å²) in [6.07, 6.45) is 1.83. The SMILES string of the molecule is Cc1cnc(-c2cc(I)ccc2Br)[nH]1. The highest BCUT2D eigenvalue weighted by Crippen LogP contribution is 2.27. The number of benzene rings is 1. The normalized spacial score (nSPS) is 10.5. The van der Waals surface area contributed by atoms with E-state index in [1.165, 1.54) is 3.57 Å². The first-order chi connectivity index (χ1) is 6.66. The molecule has 0 spiro atoms. The molecule has 2 rings (SSSR count). The molecule has 0 amide bonds. The molecule has 0 bridgehead atoms. The highest BCUT2D eigenvalue weighted by atomic mass is 127. The Morgan fingerprint density at radius 3 is 2.86 bits per heavy atom. The largest absolute Gasteiger partial charge is 0.342 e. The third-order valence-electron chi connectivity index (χ3n) is 1.89. The number of imidazole rings is 1. The number of aromatic nitrogens is 2. The smallest absolute Gasteiger partial charge is 0.138 e. The molecule has 0 atom stereocenters. The summed E-state index contributed by atoms with van der Waals surface area (Å²) in [5.41, 5.74) is 2.18. The lowest BCUT2D eigenvalue weighted by Gasteiger charge is -2.01. The number of H-pyrrole nitrogens is 1. The molecule has 14 heavy (non-hydrogen) atoms. The van der Waals surface area contributed by atoms with E-state index in [9.17, 15) is 0 Å². The fourth-order valence-electron chi connectivity index (χ4n) is 1.23. The molecule has 0 saturated carbocycles. The monoisotopic (exact) mass is 362 g/mol. The second kappa shape index (κ2) is 4.02. The predicted octanol–water partition coefficient (Wildman–Crippen LogP) is 3.75. The van der Waals surface area contributed by atoms with Crippen molar-refractivity contribution in [3.8, 4) is 11.4 Å². The second-order valence-electron chi connectivity index (χ2n) is 3.04. The highest BCUT2D eigenvalue weighted by molar-refractivity contribution is 14.1. The summed E-state index contributed by atoms with van der Waals surface area (Å²) in [6, 6.07) is 6.20. The first-order valence-corrected chi connectivity index (χ1v) is 6.01. The van der Waals surface area contributed by atoms with Crippen molar-refractivity contribution in [3.05, 3.63) is 38.1 Å². The number of hydrogen-bond acceptors (Lipinski definition) is 1. The standard InChI is InChI=1S/C10H8BrIN2/c1-6-5-13-10(14-6)8-4-7(12)2-3-9(8)11/h2-5H,1H3,(H,13,14). The minimum Gasteiger partial charge on any atom is -0.342 e. The van der Waals surface area contributed by atoms with Gasteiger partial charge in [-0.1, -0.05) is 15.9 Å². The maximum Gasteiger partial charge on any atom is 0.138 e. The van der Waals surface area contributed by atoms with Gasteiger partial charge in [-0.3, -0.25) is 0 Å². The van der Waals surface area contributed by atoms with Gasteiger partial charge >= 0.3 is 0 Å². The number of halogens is 2.